The minimum atomic E-state index is -0.171. The van der Waals surface area contributed by atoms with Crippen molar-refractivity contribution in [3.8, 4) is 0 Å². The number of rotatable bonds is 7. The molecule has 2 fully saturated rings. The monoisotopic (exact) mass is 407 g/mol. The summed E-state index contributed by atoms with van der Waals surface area (Å²) in [6.45, 7) is 1.81. The average molecular weight is 408 g/mol. The topological polar surface area (TPSA) is 78.5 Å². The molecule has 6 nitrogen and oxygen atoms in total. The molecule has 30 heavy (non-hydrogen) atoms. The molecule has 1 aliphatic heterocycles. The van der Waals surface area contributed by atoms with E-state index in [2.05, 4.69) is 10.6 Å². The first-order valence-electron chi connectivity index (χ1n) is 10.9. The molecule has 6 heteroatoms. The van der Waals surface area contributed by atoms with Crippen LogP contribution in [0, 0.1) is 11.8 Å². The van der Waals surface area contributed by atoms with Gasteiger partial charge in [0.25, 0.3) is 0 Å². The van der Waals surface area contributed by atoms with Crippen LogP contribution < -0.4 is 10.6 Å². The Morgan fingerprint density at radius 1 is 0.967 bits per heavy atom. The predicted octanol–water partition coefficient (Wildman–Crippen LogP) is 2.26. The Balaban J connectivity index is 1.26. The van der Waals surface area contributed by atoms with Crippen LogP contribution in [-0.2, 0) is 20.8 Å². The lowest BCUT2D eigenvalue weighted by atomic mass is 9.97. The average Bonchev–Trinajstić information content (AvgIpc) is 3.61. The fourth-order valence-corrected chi connectivity index (χ4v) is 4.10. The summed E-state index contributed by atoms with van der Waals surface area (Å²) < 4.78 is 0. The van der Waals surface area contributed by atoms with E-state index in [0.29, 0.717) is 19.0 Å². The molecular weight excluding hydrogens is 378 g/mol. The van der Waals surface area contributed by atoms with E-state index in [1.54, 1.807) is 4.90 Å². The van der Waals surface area contributed by atoms with Gasteiger partial charge in [-0.15, -0.1) is 0 Å². The summed E-state index contributed by atoms with van der Waals surface area (Å²) >= 11 is 0. The molecule has 2 aliphatic rings. The summed E-state index contributed by atoms with van der Waals surface area (Å²) in [6.07, 6.45) is 4.27. The van der Waals surface area contributed by atoms with Gasteiger partial charge in [0.15, 0.2) is 0 Å². The van der Waals surface area contributed by atoms with Crippen LogP contribution in [0.4, 0.5) is 0 Å². The van der Waals surface area contributed by atoms with Crippen molar-refractivity contribution in [2.75, 3.05) is 26.2 Å². The predicted molar refractivity (Wildman–Crippen MR) is 116 cm³/mol. The van der Waals surface area contributed by atoms with E-state index in [1.165, 1.54) is 12.8 Å². The molecule has 1 saturated carbocycles. The zero-order valence-electron chi connectivity index (χ0n) is 17.2. The number of nitrogens with zero attached hydrogens (tertiary/aromatic N) is 1. The molecule has 0 bridgehead atoms. The van der Waals surface area contributed by atoms with Gasteiger partial charge >= 0.3 is 0 Å². The highest BCUT2D eigenvalue weighted by Crippen LogP contribution is 2.28. The van der Waals surface area contributed by atoms with Crippen LogP contribution in [-0.4, -0.2) is 48.8 Å². The molecule has 1 saturated heterocycles. The Labute approximate surface area is 177 Å². The maximum atomic E-state index is 12.6. The third-order valence-corrected chi connectivity index (χ3v) is 6.07. The minimum Gasteiger partial charge on any atom is -0.356 e. The zero-order chi connectivity index (χ0) is 20.9. The van der Waals surface area contributed by atoms with Gasteiger partial charge < -0.3 is 15.5 Å². The zero-order valence-corrected chi connectivity index (χ0v) is 17.2. The molecule has 2 N–H and O–H groups in total. The lowest BCUT2D eigenvalue weighted by Gasteiger charge is -2.32. The molecule has 158 valence electrons. The smallest absolute Gasteiger partial charge is 0.241 e. The first kappa shape index (κ1) is 20.4. The highest BCUT2D eigenvalue weighted by atomic mass is 16.2. The molecule has 3 amide bonds. The Morgan fingerprint density at radius 2 is 1.77 bits per heavy atom. The Morgan fingerprint density at radius 3 is 2.60 bits per heavy atom. The standard InChI is InChI=1S/C24H29N3O3/c28-22(13-19-7-3-6-18-5-1-2-9-21(18)19)25-15-23(29)27-12-4-8-20(16-27)24(30)26-14-17-10-11-17/h1-3,5-7,9,17,20H,4,8,10-16H2,(H,25,28)(H,26,30). The number of carbonyl (C=O) groups is 3. The van der Waals surface area contributed by atoms with Gasteiger partial charge in [0, 0.05) is 19.6 Å². The van der Waals surface area contributed by atoms with Crippen LogP contribution in [0.3, 0.4) is 0 Å². The second-order valence-electron chi connectivity index (χ2n) is 8.46. The quantitative estimate of drug-likeness (QED) is 0.739. The summed E-state index contributed by atoms with van der Waals surface area (Å²) in [4.78, 5) is 39.1. The van der Waals surface area contributed by atoms with Crippen molar-refractivity contribution < 1.29 is 14.4 Å². The van der Waals surface area contributed by atoms with E-state index < -0.39 is 0 Å². The third-order valence-electron chi connectivity index (χ3n) is 6.07. The molecule has 2 aromatic rings. The maximum absolute atomic E-state index is 12.6. The Kier molecular flexibility index (Phi) is 6.31. The molecule has 2 aromatic carbocycles. The summed E-state index contributed by atoms with van der Waals surface area (Å²) in [7, 11) is 0. The van der Waals surface area contributed by atoms with Gasteiger partial charge in [-0.05, 0) is 47.9 Å². The van der Waals surface area contributed by atoms with Crippen molar-refractivity contribution in [2.24, 2.45) is 11.8 Å². The summed E-state index contributed by atoms with van der Waals surface area (Å²) in [5.74, 6) is 0.260. The number of likely N-dealkylation sites (tertiary alicyclic amines) is 1. The van der Waals surface area contributed by atoms with Gasteiger partial charge in [0.1, 0.15) is 0 Å². The fraction of sp³-hybridized carbons (Fsp3) is 0.458. The van der Waals surface area contributed by atoms with Crippen molar-refractivity contribution in [2.45, 2.75) is 32.1 Å². The van der Waals surface area contributed by atoms with Gasteiger partial charge in [-0.25, -0.2) is 0 Å². The molecule has 1 atom stereocenters. The van der Waals surface area contributed by atoms with E-state index >= 15 is 0 Å². The lowest BCUT2D eigenvalue weighted by Crippen LogP contribution is -2.48. The van der Waals surface area contributed by atoms with Gasteiger partial charge in [-0.1, -0.05) is 42.5 Å². The molecule has 1 aliphatic carbocycles. The van der Waals surface area contributed by atoms with Gasteiger partial charge in [0.2, 0.25) is 17.7 Å². The fourth-order valence-electron chi connectivity index (χ4n) is 4.10. The summed E-state index contributed by atoms with van der Waals surface area (Å²) in [5.41, 5.74) is 0.948. The third kappa shape index (κ3) is 5.17. The second-order valence-corrected chi connectivity index (χ2v) is 8.46. The number of nitrogens with one attached hydrogen (secondary N) is 2. The van der Waals surface area contributed by atoms with E-state index in [1.807, 2.05) is 42.5 Å². The van der Waals surface area contributed by atoms with E-state index in [0.717, 1.165) is 35.7 Å². The second kappa shape index (κ2) is 9.28. The largest absolute Gasteiger partial charge is 0.356 e. The number of piperidine rings is 1. The SMILES string of the molecule is O=C(Cc1cccc2ccccc12)NCC(=O)N1CCCC(C(=O)NCC2CC2)C1. The normalized spacial score (nSPS) is 18.8. The van der Waals surface area contributed by atoms with Crippen molar-refractivity contribution in [1.29, 1.82) is 0 Å². The number of carbonyl (C=O) groups excluding carboxylic acids is 3. The summed E-state index contributed by atoms with van der Waals surface area (Å²) in [5, 5.41) is 7.92. The highest BCUT2D eigenvalue weighted by molar-refractivity contribution is 5.91. The number of fused-ring (bicyclic) bond motifs is 1. The summed E-state index contributed by atoms with van der Waals surface area (Å²) in [6, 6.07) is 13.9. The van der Waals surface area contributed by atoms with Crippen LogP contribution in [0.25, 0.3) is 10.8 Å². The van der Waals surface area contributed by atoms with Crippen molar-refractivity contribution in [1.82, 2.24) is 15.5 Å². The van der Waals surface area contributed by atoms with Crippen LogP contribution in [0.5, 0.6) is 0 Å². The number of hydrogen-bond donors (Lipinski definition) is 2. The molecule has 1 heterocycles. The first-order chi connectivity index (χ1) is 14.6. The molecule has 0 spiro atoms. The molecule has 0 aromatic heterocycles. The van der Waals surface area contributed by atoms with Crippen molar-refractivity contribution in [3.63, 3.8) is 0 Å². The minimum absolute atomic E-state index is 0.0278. The van der Waals surface area contributed by atoms with Gasteiger partial charge in [-0.2, -0.15) is 0 Å². The molecule has 4 rings (SSSR count). The number of benzene rings is 2. The van der Waals surface area contributed by atoms with E-state index in [-0.39, 0.29) is 36.6 Å². The van der Waals surface area contributed by atoms with Crippen LogP contribution in [0.15, 0.2) is 42.5 Å². The Hall–Kier alpha value is -2.89. The lowest BCUT2D eigenvalue weighted by molar-refractivity contribution is -0.136. The Bertz CT molecular complexity index is 933. The first-order valence-corrected chi connectivity index (χ1v) is 10.9. The van der Waals surface area contributed by atoms with Gasteiger partial charge in [-0.3, -0.25) is 14.4 Å². The number of hydrogen-bond acceptors (Lipinski definition) is 3. The van der Waals surface area contributed by atoms with Crippen LogP contribution >= 0.6 is 0 Å². The number of amides is 3. The highest BCUT2D eigenvalue weighted by Gasteiger charge is 2.29. The van der Waals surface area contributed by atoms with E-state index in [4.69, 9.17) is 0 Å². The van der Waals surface area contributed by atoms with E-state index in [9.17, 15) is 14.4 Å². The molecule has 1 unspecified atom stereocenters. The molecular formula is C24H29N3O3. The molecule has 0 radical (unpaired) electrons. The van der Waals surface area contributed by atoms with Gasteiger partial charge in [0.05, 0.1) is 18.9 Å². The van der Waals surface area contributed by atoms with Crippen molar-refractivity contribution >= 4 is 28.5 Å². The van der Waals surface area contributed by atoms with Crippen molar-refractivity contribution in [3.05, 3.63) is 48.0 Å². The maximum Gasteiger partial charge on any atom is 0.241 e. The van der Waals surface area contributed by atoms with Crippen LogP contribution in [0.2, 0.25) is 0 Å². The van der Waals surface area contributed by atoms with Crippen LogP contribution in [0.1, 0.15) is 31.2 Å².